The van der Waals surface area contributed by atoms with Gasteiger partial charge in [0.15, 0.2) is 0 Å². The van der Waals surface area contributed by atoms with Crippen LogP contribution in [0.3, 0.4) is 0 Å². The van der Waals surface area contributed by atoms with E-state index in [9.17, 15) is 0 Å². The van der Waals surface area contributed by atoms with E-state index in [1.807, 2.05) is 0 Å². The molecular weight excluding hydrogens is 164 g/mol. The van der Waals surface area contributed by atoms with Crippen LogP contribution in [0.2, 0.25) is 0 Å². The van der Waals surface area contributed by atoms with E-state index in [0.717, 1.165) is 19.6 Å². The lowest BCUT2D eigenvalue weighted by molar-refractivity contribution is 0.174. The fraction of sp³-hybridized carbons (Fsp3) is 1.00. The van der Waals surface area contributed by atoms with Gasteiger partial charge in [-0.25, -0.2) is 0 Å². The highest BCUT2D eigenvalue weighted by Gasteiger charge is 2.07. The minimum atomic E-state index is 0.271. The minimum absolute atomic E-state index is 0.271. The summed E-state index contributed by atoms with van der Waals surface area (Å²) in [6.45, 7) is 8.26. The summed E-state index contributed by atoms with van der Waals surface area (Å²) in [6, 6.07) is 0. The summed E-state index contributed by atoms with van der Waals surface area (Å²) >= 11 is 0. The monoisotopic (exact) mass is 188 g/mol. The molecule has 3 heteroatoms. The van der Waals surface area contributed by atoms with Crippen LogP contribution in [0.4, 0.5) is 0 Å². The number of nitrogens with zero attached hydrogens (tertiary/aromatic N) is 1. The van der Waals surface area contributed by atoms with Crippen LogP contribution in [-0.4, -0.2) is 42.8 Å². The second-order valence-corrected chi connectivity index (χ2v) is 3.73. The van der Waals surface area contributed by atoms with Gasteiger partial charge in [-0.3, -0.25) is 0 Å². The van der Waals surface area contributed by atoms with Crippen molar-refractivity contribution in [2.75, 3.05) is 32.8 Å². The van der Waals surface area contributed by atoms with Gasteiger partial charge < -0.3 is 15.7 Å². The van der Waals surface area contributed by atoms with Crippen LogP contribution in [0.1, 0.15) is 26.7 Å². The maximum atomic E-state index is 8.92. The van der Waals surface area contributed by atoms with E-state index < -0.39 is 0 Å². The molecule has 0 aromatic rings. The van der Waals surface area contributed by atoms with Gasteiger partial charge in [-0.1, -0.05) is 20.3 Å². The Morgan fingerprint density at radius 3 is 2.54 bits per heavy atom. The molecule has 80 valence electrons. The average Bonchev–Trinajstić information content (AvgIpc) is 2.14. The number of hydrogen-bond acceptors (Lipinski definition) is 3. The van der Waals surface area contributed by atoms with Crippen LogP contribution in [0.25, 0.3) is 0 Å². The predicted molar refractivity (Wildman–Crippen MR) is 56.7 cm³/mol. The Balaban J connectivity index is 3.65. The van der Waals surface area contributed by atoms with Gasteiger partial charge in [-0.15, -0.1) is 0 Å². The van der Waals surface area contributed by atoms with Crippen molar-refractivity contribution in [1.29, 1.82) is 0 Å². The lowest BCUT2D eigenvalue weighted by atomic mass is 10.2. The molecular formula is C10H24N2O. The van der Waals surface area contributed by atoms with Crippen LogP contribution in [-0.2, 0) is 0 Å². The first-order chi connectivity index (χ1) is 6.24. The second kappa shape index (κ2) is 8.48. The number of aliphatic hydroxyl groups is 1. The topological polar surface area (TPSA) is 49.5 Å². The van der Waals surface area contributed by atoms with Gasteiger partial charge in [0.25, 0.3) is 0 Å². The molecule has 13 heavy (non-hydrogen) atoms. The number of rotatable bonds is 8. The highest BCUT2D eigenvalue weighted by atomic mass is 16.3. The third kappa shape index (κ3) is 6.99. The third-order valence-corrected chi connectivity index (χ3v) is 2.15. The van der Waals surface area contributed by atoms with Gasteiger partial charge in [0.1, 0.15) is 0 Å². The van der Waals surface area contributed by atoms with E-state index in [1.54, 1.807) is 0 Å². The molecule has 0 amide bonds. The Morgan fingerprint density at radius 2 is 2.08 bits per heavy atom. The highest BCUT2D eigenvalue weighted by molar-refractivity contribution is 4.62. The van der Waals surface area contributed by atoms with Crippen molar-refractivity contribution >= 4 is 0 Å². The van der Waals surface area contributed by atoms with Gasteiger partial charge in [0.2, 0.25) is 0 Å². The maximum Gasteiger partial charge on any atom is 0.0468 e. The largest absolute Gasteiger partial charge is 0.396 e. The zero-order valence-corrected chi connectivity index (χ0v) is 9.00. The summed E-state index contributed by atoms with van der Waals surface area (Å²) in [5, 5.41) is 8.92. The smallest absolute Gasteiger partial charge is 0.0468 e. The van der Waals surface area contributed by atoms with Crippen molar-refractivity contribution in [3.8, 4) is 0 Å². The van der Waals surface area contributed by atoms with Crippen LogP contribution >= 0.6 is 0 Å². The van der Waals surface area contributed by atoms with Gasteiger partial charge in [-0.2, -0.15) is 0 Å². The van der Waals surface area contributed by atoms with E-state index in [0.29, 0.717) is 12.5 Å². The Bertz CT molecular complexity index is 109. The zero-order valence-electron chi connectivity index (χ0n) is 9.00. The van der Waals surface area contributed by atoms with Crippen LogP contribution in [0, 0.1) is 5.92 Å². The van der Waals surface area contributed by atoms with Gasteiger partial charge >= 0.3 is 0 Å². The standard InChI is InChI=1S/C10H24N2O/c1-3-4-6-12(7-5-11)8-10(2)9-13/h10,13H,3-9,11H2,1-2H3. The first-order valence-corrected chi connectivity index (χ1v) is 5.27. The number of unbranched alkanes of at least 4 members (excludes halogenated alkanes) is 1. The van der Waals surface area contributed by atoms with Crippen molar-refractivity contribution in [3.05, 3.63) is 0 Å². The molecule has 0 radical (unpaired) electrons. The highest BCUT2D eigenvalue weighted by Crippen LogP contribution is 2.00. The molecule has 0 aliphatic carbocycles. The number of nitrogens with two attached hydrogens (primary N) is 1. The summed E-state index contributed by atoms with van der Waals surface area (Å²) in [7, 11) is 0. The lowest BCUT2D eigenvalue weighted by Gasteiger charge is -2.23. The summed E-state index contributed by atoms with van der Waals surface area (Å²) < 4.78 is 0. The van der Waals surface area contributed by atoms with Crippen molar-refractivity contribution in [1.82, 2.24) is 4.90 Å². The van der Waals surface area contributed by atoms with Crippen molar-refractivity contribution in [2.45, 2.75) is 26.7 Å². The van der Waals surface area contributed by atoms with E-state index in [2.05, 4.69) is 18.7 Å². The molecule has 1 unspecified atom stereocenters. The molecule has 0 heterocycles. The zero-order chi connectivity index (χ0) is 10.1. The molecule has 3 N–H and O–H groups in total. The first-order valence-electron chi connectivity index (χ1n) is 5.27. The second-order valence-electron chi connectivity index (χ2n) is 3.73. The fourth-order valence-corrected chi connectivity index (χ4v) is 1.36. The van der Waals surface area contributed by atoms with Crippen molar-refractivity contribution in [2.24, 2.45) is 11.7 Å². The predicted octanol–water partition coefficient (Wildman–Crippen LogP) is 0.676. The van der Waals surface area contributed by atoms with Crippen molar-refractivity contribution in [3.63, 3.8) is 0 Å². The molecule has 0 fully saturated rings. The Hall–Kier alpha value is -0.120. The Labute approximate surface area is 81.9 Å². The molecule has 0 bridgehead atoms. The summed E-state index contributed by atoms with van der Waals surface area (Å²) in [5.74, 6) is 0.364. The maximum absolute atomic E-state index is 8.92. The molecule has 0 aromatic heterocycles. The van der Waals surface area contributed by atoms with Crippen LogP contribution in [0.5, 0.6) is 0 Å². The normalized spacial score (nSPS) is 13.6. The molecule has 0 aliphatic heterocycles. The molecule has 0 spiro atoms. The summed E-state index contributed by atoms with van der Waals surface area (Å²) in [4.78, 5) is 2.34. The molecule has 0 saturated carbocycles. The molecule has 1 atom stereocenters. The molecule has 0 aliphatic rings. The average molecular weight is 188 g/mol. The lowest BCUT2D eigenvalue weighted by Crippen LogP contribution is -2.34. The van der Waals surface area contributed by atoms with Gasteiger partial charge in [0, 0.05) is 26.2 Å². The Morgan fingerprint density at radius 1 is 1.38 bits per heavy atom. The molecule has 0 aromatic carbocycles. The summed E-state index contributed by atoms with van der Waals surface area (Å²) in [5.41, 5.74) is 5.51. The van der Waals surface area contributed by atoms with Crippen molar-refractivity contribution < 1.29 is 5.11 Å². The third-order valence-electron chi connectivity index (χ3n) is 2.15. The Kier molecular flexibility index (Phi) is 8.40. The molecule has 0 saturated heterocycles. The van der Waals surface area contributed by atoms with Gasteiger partial charge in [0.05, 0.1) is 0 Å². The minimum Gasteiger partial charge on any atom is -0.396 e. The number of hydrogen-bond donors (Lipinski definition) is 2. The molecule has 0 rings (SSSR count). The van der Waals surface area contributed by atoms with Crippen LogP contribution in [0.15, 0.2) is 0 Å². The van der Waals surface area contributed by atoms with E-state index in [4.69, 9.17) is 10.8 Å². The fourth-order valence-electron chi connectivity index (χ4n) is 1.36. The molecule has 3 nitrogen and oxygen atoms in total. The first kappa shape index (κ1) is 12.9. The van der Waals surface area contributed by atoms with Gasteiger partial charge in [-0.05, 0) is 18.9 Å². The quantitative estimate of drug-likeness (QED) is 0.589. The van der Waals surface area contributed by atoms with E-state index >= 15 is 0 Å². The number of aliphatic hydroxyl groups excluding tert-OH is 1. The van der Waals surface area contributed by atoms with E-state index in [1.165, 1.54) is 12.8 Å². The van der Waals surface area contributed by atoms with Crippen LogP contribution < -0.4 is 5.73 Å². The SMILES string of the molecule is CCCCN(CCN)CC(C)CO. The van der Waals surface area contributed by atoms with E-state index in [-0.39, 0.29) is 6.61 Å². The summed E-state index contributed by atoms with van der Waals surface area (Å²) in [6.07, 6.45) is 2.44.